The van der Waals surface area contributed by atoms with Crippen molar-refractivity contribution in [2.75, 3.05) is 0 Å². The summed E-state index contributed by atoms with van der Waals surface area (Å²) in [5.41, 5.74) is -0.240. The van der Waals surface area contributed by atoms with Crippen LogP contribution in [0.1, 0.15) is 13.3 Å². The molecule has 4 rings (SSSR count). The second-order valence-electron chi connectivity index (χ2n) is 6.40. The highest BCUT2D eigenvalue weighted by atomic mass is 16.6. The molecule has 1 fully saturated rings. The van der Waals surface area contributed by atoms with Gasteiger partial charge in [-0.15, -0.1) is 0 Å². The monoisotopic (exact) mass is 379 g/mol. The Hall–Kier alpha value is -3.46. The standard InChI is InChI=1S/C19H12BO8/c1-19(8-6-13-14(7-9-19)18(24)26-17(13)23)28-20-27-10-2-4-11-12(5-3-10)16(22)25-15(11)21/h2,4-9H,3H2,1H3. The average molecular weight is 379 g/mol. The lowest BCUT2D eigenvalue weighted by Gasteiger charge is -2.22. The summed E-state index contributed by atoms with van der Waals surface area (Å²) in [6, 6.07) is 0. The maximum atomic E-state index is 11.6. The Morgan fingerprint density at radius 1 is 0.893 bits per heavy atom. The van der Waals surface area contributed by atoms with Crippen LogP contribution in [0.4, 0.5) is 0 Å². The molecule has 28 heavy (non-hydrogen) atoms. The number of cyclic esters (lactones) is 4. The molecule has 0 atom stereocenters. The molecule has 0 aromatic rings. The van der Waals surface area contributed by atoms with Gasteiger partial charge in [0.15, 0.2) is 0 Å². The van der Waals surface area contributed by atoms with Gasteiger partial charge in [0.05, 0.1) is 33.7 Å². The van der Waals surface area contributed by atoms with Gasteiger partial charge in [0.25, 0.3) is 0 Å². The second kappa shape index (κ2) is 6.61. The van der Waals surface area contributed by atoms with Crippen molar-refractivity contribution in [2.24, 2.45) is 0 Å². The predicted octanol–water partition coefficient (Wildman–Crippen LogP) is 1.04. The Kier molecular flexibility index (Phi) is 4.23. The van der Waals surface area contributed by atoms with Gasteiger partial charge in [-0.2, -0.15) is 0 Å². The van der Waals surface area contributed by atoms with E-state index in [1.165, 1.54) is 18.2 Å². The van der Waals surface area contributed by atoms with Crippen LogP contribution in [0.2, 0.25) is 0 Å². The van der Waals surface area contributed by atoms with E-state index >= 15 is 0 Å². The number of carbonyl (C=O) groups excluding carboxylic acids is 4. The van der Waals surface area contributed by atoms with E-state index in [1.54, 1.807) is 31.2 Å². The highest BCUT2D eigenvalue weighted by molar-refractivity contribution is 6.20. The molecule has 1 radical (unpaired) electrons. The molecule has 0 saturated carbocycles. The van der Waals surface area contributed by atoms with Crippen molar-refractivity contribution in [3.05, 3.63) is 70.6 Å². The average Bonchev–Trinajstić information content (AvgIpc) is 2.90. The van der Waals surface area contributed by atoms with Crippen molar-refractivity contribution in [1.29, 1.82) is 0 Å². The van der Waals surface area contributed by atoms with Crippen molar-refractivity contribution in [3.63, 3.8) is 0 Å². The van der Waals surface area contributed by atoms with Crippen LogP contribution >= 0.6 is 0 Å². The van der Waals surface area contributed by atoms with Gasteiger partial charge >= 0.3 is 31.6 Å². The molecule has 0 aromatic carbocycles. The minimum absolute atomic E-state index is 0.169. The van der Waals surface area contributed by atoms with E-state index < -0.39 is 29.5 Å². The molecule has 0 unspecified atom stereocenters. The lowest BCUT2D eigenvalue weighted by Crippen LogP contribution is -2.26. The Bertz CT molecular complexity index is 971. The van der Waals surface area contributed by atoms with E-state index in [0.29, 0.717) is 5.76 Å². The summed E-state index contributed by atoms with van der Waals surface area (Å²) in [5.74, 6) is -2.33. The molecule has 2 aliphatic carbocycles. The third-order valence-corrected chi connectivity index (χ3v) is 4.44. The fraction of sp³-hybridized carbons (Fsp3) is 0.158. The third kappa shape index (κ3) is 3.16. The Morgan fingerprint density at radius 2 is 1.50 bits per heavy atom. The summed E-state index contributed by atoms with van der Waals surface area (Å²) in [5, 5.41) is 0. The minimum Gasteiger partial charge on any atom is -0.540 e. The Morgan fingerprint density at radius 3 is 2.18 bits per heavy atom. The molecule has 0 bridgehead atoms. The number of ether oxygens (including phenoxy) is 2. The molecule has 1 saturated heterocycles. The van der Waals surface area contributed by atoms with Crippen LogP contribution in [-0.2, 0) is 38.0 Å². The number of allylic oxidation sites excluding steroid dienone is 3. The topological polar surface area (TPSA) is 105 Å². The molecule has 9 heteroatoms. The zero-order valence-electron chi connectivity index (χ0n) is 14.6. The van der Waals surface area contributed by atoms with E-state index in [2.05, 4.69) is 9.47 Å². The third-order valence-electron chi connectivity index (χ3n) is 4.44. The highest BCUT2D eigenvalue weighted by Crippen LogP contribution is 2.28. The van der Waals surface area contributed by atoms with Crippen molar-refractivity contribution < 1.29 is 38.0 Å². The van der Waals surface area contributed by atoms with Crippen LogP contribution in [0.15, 0.2) is 70.6 Å². The Balaban J connectivity index is 1.40. The smallest absolute Gasteiger partial charge is 0.540 e. The van der Waals surface area contributed by atoms with Crippen molar-refractivity contribution in [2.45, 2.75) is 18.9 Å². The number of carbonyl (C=O) groups is 4. The van der Waals surface area contributed by atoms with E-state index in [0.717, 1.165) is 7.69 Å². The summed E-state index contributed by atoms with van der Waals surface area (Å²) in [4.78, 5) is 46.4. The van der Waals surface area contributed by atoms with E-state index in [9.17, 15) is 19.2 Å². The van der Waals surface area contributed by atoms with Gasteiger partial charge in [0, 0.05) is 6.42 Å². The normalized spacial score (nSPS) is 22.4. The van der Waals surface area contributed by atoms with Gasteiger partial charge in [-0.05, 0) is 43.4 Å². The molecule has 4 aliphatic rings. The number of esters is 4. The maximum absolute atomic E-state index is 11.6. The molecular formula is C19H12BO8. The van der Waals surface area contributed by atoms with Crippen LogP contribution in [-0.4, -0.2) is 37.2 Å². The fourth-order valence-electron chi connectivity index (χ4n) is 2.85. The van der Waals surface area contributed by atoms with Gasteiger partial charge in [0.2, 0.25) is 0 Å². The summed E-state index contributed by atoms with van der Waals surface area (Å²) in [6.45, 7) is 1.71. The summed E-state index contributed by atoms with van der Waals surface area (Å²) >= 11 is 0. The van der Waals surface area contributed by atoms with Crippen molar-refractivity contribution in [1.82, 2.24) is 0 Å². The number of hydrogen-bond acceptors (Lipinski definition) is 8. The number of fused-ring (bicyclic) bond motifs is 1. The van der Waals surface area contributed by atoms with Gasteiger partial charge in [-0.1, -0.05) is 6.08 Å². The van der Waals surface area contributed by atoms with Crippen LogP contribution in [0.5, 0.6) is 0 Å². The van der Waals surface area contributed by atoms with Gasteiger partial charge < -0.3 is 18.8 Å². The van der Waals surface area contributed by atoms with Crippen LogP contribution in [0.3, 0.4) is 0 Å². The molecule has 2 aliphatic heterocycles. The molecule has 8 nitrogen and oxygen atoms in total. The van der Waals surface area contributed by atoms with Gasteiger partial charge in [-0.3, -0.25) is 0 Å². The number of hydrogen-bond donors (Lipinski definition) is 0. The van der Waals surface area contributed by atoms with Crippen LogP contribution < -0.4 is 0 Å². The maximum Gasteiger partial charge on any atom is 0.572 e. The zero-order chi connectivity index (χ0) is 19.9. The van der Waals surface area contributed by atoms with Crippen molar-refractivity contribution in [3.8, 4) is 0 Å². The van der Waals surface area contributed by atoms with Crippen LogP contribution in [0.25, 0.3) is 0 Å². The Labute approximate surface area is 159 Å². The first-order valence-electron chi connectivity index (χ1n) is 8.30. The second-order valence-corrected chi connectivity index (χ2v) is 6.40. The summed E-state index contributed by atoms with van der Waals surface area (Å²) in [7, 11) is 1.11. The van der Waals surface area contributed by atoms with Crippen LogP contribution in [0, 0.1) is 0 Å². The largest absolute Gasteiger partial charge is 0.572 e. The molecule has 2 heterocycles. The molecular weight excluding hydrogens is 367 g/mol. The minimum atomic E-state index is -0.969. The lowest BCUT2D eigenvalue weighted by atomic mass is 10.0. The fourth-order valence-corrected chi connectivity index (χ4v) is 2.85. The highest BCUT2D eigenvalue weighted by Gasteiger charge is 2.35. The zero-order valence-corrected chi connectivity index (χ0v) is 14.6. The SMILES string of the molecule is CC1(O[B]OC2=CC=C3C(=O)OC(=O)C3=CC2)C=CC2=C(C=C1)C(=O)OC2=O. The molecule has 139 valence electrons. The predicted molar refractivity (Wildman–Crippen MR) is 92.7 cm³/mol. The number of rotatable bonds is 4. The first-order valence-corrected chi connectivity index (χ1v) is 8.30. The van der Waals surface area contributed by atoms with Crippen molar-refractivity contribution >= 4 is 31.6 Å². The lowest BCUT2D eigenvalue weighted by molar-refractivity contribution is -0.152. The summed E-state index contributed by atoms with van der Waals surface area (Å²) in [6.07, 6.45) is 10.9. The molecule has 0 spiro atoms. The molecule has 0 N–H and O–H groups in total. The quantitative estimate of drug-likeness (QED) is 0.405. The van der Waals surface area contributed by atoms with Gasteiger partial charge in [-0.25, -0.2) is 19.2 Å². The molecule has 0 amide bonds. The van der Waals surface area contributed by atoms with Gasteiger partial charge in [0.1, 0.15) is 0 Å². The first-order chi connectivity index (χ1) is 13.4. The van der Waals surface area contributed by atoms with E-state index in [-0.39, 0.29) is 28.7 Å². The molecule has 0 aromatic heterocycles. The van der Waals surface area contributed by atoms with E-state index in [4.69, 9.17) is 9.31 Å². The summed E-state index contributed by atoms with van der Waals surface area (Å²) < 4.78 is 20.2. The van der Waals surface area contributed by atoms with E-state index in [1.807, 2.05) is 0 Å². The first kappa shape index (κ1) is 17.9.